The molecule has 3 amide bonds. The van der Waals surface area contributed by atoms with Crippen molar-refractivity contribution in [1.29, 1.82) is 0 Å². The smallest absolute Gasteiger partial charge is 0.326 e. The molecule has 0 saturated carbocycles. The van der Waals surface area contributed by atoms with Crippen LogP contribution in [0.2, 0.25) is 0 Å². The quantitative estimate of drug-likeness (QED) is 0.601. The van der Waals surface area contributed by atoms with Gasteiger partial charge in [-0.05, 0) is 18.8 Å². The molecule has 0 spiro atoms. The van der Waals surface area contributed by atoms with Crippen molar-refractivity contribution in [1.82, 2.24) is 10.2 Å². The number of aliphatic carboxylic acids is 1. The van der Waals surface area contributed by atoms with Gasteiger partial charge in [0.05, 0.1) is 6.42 Å². The van der Waals surface area contributed by atoms with Gasteiger partial charge in [0.15, 0.2) is 0 Å². The van der Waals surface area contributed by atoms with Gasteiger partial charge in [-0.3, -0.25) is 4.79 Å². The third kappa shape index (κ3) is 5.43. The van der Waals surface area contributed by atoms with E-state index in [0.29, 0.717) is 25.7 Å². The molecule has 0 aliphatic carbocycles. The summed E-state index contributed by atoms with van der Waals surface area (Å²) in [5.41, 5.74) is 4.95. The summed E-state index contributed by atoms with van der Waals surface area (Å²) in [6, 6.07) is -1.82. The van der Waals surface area contributed by atoms with Gasteiger partial charge in [-0.1, -0.05) is 0 Å². The van der Waals surface area contributed by atoms with E-state index in [1.54, 1.807) is 7.05 Å². The fourth-order valence-electron chi connectivity index (χ4n) is 2.06. The molecule has 1 aliphatic rings. The highest BCUT2D eigenvalue weighted by Gasteiger charge is 2.25. The molecule has 20 heavy (non-hydrogen) atoms. The summed E-state index contributed by atoms with van der Waals surface area (Å²) >= 11 is 0. The van der Waals surface area contributed by atoms with Gasteiger partial charge in [-0.25, -0.2) is 9.59 Å². The number of primary amides is 1. The van der Waals surface area contributed by atoms with Gasteiger partial charge in [-0.2, -0.15) is 0 Å². The van der Waals surface area contributed by atoms with Gasteiger partial charge in [0.25, 0.3) is 0 Å². The van der Waals surface area contributed by atoms with E-state index < -0.39 is 30.4 Å². The number of rotatable bonds is 6. The number of ether oxygens (including phenoxy) is 1. The summed E-state index contributed by atoms with van der Waals surface area (Å²) in [5, 5.41) is 11.2. The van der Waals surface area contributed by atoms with Crippen molar-refractivity contribution in [2.45, 2.75) is 25.3 Å². The Balaban J connectivity index is 2.45. The van der Waals surface area contributed by atoms with Crippen LogP contribution < -0.4 is 11.1 Å². The van der Waals surface area contributed by atoms with E-state index in [0.717, 1.165) is 12.8 Å². The van der Waals surface area contributed by atoms with Crippen LogP contribution >= 0.6 is 0 Å². The van der Waals surface area contributed by atoms with Crippen LogP contribution in [0.25, 0.3) is 0 Å². The van der Waals surface area contributed by atoms with Crippen molar-refractivity contribution >= 4 is 17.9 Å². The first kappa shape index (κ1) is 16.2. The molecule has 0 radical (unpaired) electrons. The van der Waals surface area contributed by atoms with E-state index in [1.807, 2.05) is 0 Å². The minimum Gasteiger partial charge on any atom is -0.480 e. The molecule has 1 aliphatic heterocycles. The number of nitrogens with zero attached hydrogens (tertiary/aromatic N) is 1. The minimum atomic E-state index is -1.29. The summed E-state index contributed by atoms with van der Waals surface area (Å²) in [6.07, 6.45) is 1.33. The Morgan fingerprint density at radius 2 is 2.00 bits per heavy atom. The number of amides is 3. The molecule has 1 atom stereocenters. The second kappa shape index (κ2) is 7.68. The Bertz CT molecular complexity index is 368. The molecular formula is C12H21N3O5. The van der Waals surface area contributed by atoms with Gasteiger partial charge in [0.1, 0.15) is 6.04 Å². The zero-order valence-electron chi connectivity index (χ0n) is 11.5. The lowest BCUT2D eigenvalue weighted by Crippen LogP contribution is -2.49. The highest BCUT2D eigenvalue weighted by molar-refractivity contribution is 5.87. The molecule has 1 rings (SSSR count). The average molecular weight is 287 g/mol. The normalized spacial score (nSPS) is 17.2. The fraction of sp³-hybridized carbons (Fsp3) is 0.750. The molecule has 0 bridgehead atoms. The Kier molecular flexibility index (Phi) is 6.23. The predicted molar refractivity (Wildman–Crippen MR) is 69.9 cm³/mol. The maximum Gasteiger partial charge on any atom is 0.326 e. The molecule has 4 N–H and O–H groups in total. The highest BCUT2D eigenvalue weighted by atomic mass is 16.5. The van der Waals surface area contributed by atoms with Gasteiger partial charge >= 0.3 is 12.0 Å². The average Bonchev–Trinajstić information content (AvgIpc) is 2.38. The maximum absolute atomic E-state index is 11.9. The number of carboxylic acids is 1. The van der Waals surface area contributed by atoms with Gasteiger partial charge in [0, 0.05) is 26.8 Å². The topological polar surface area (TPSA) is 122 Å². The summed E-state index contributed by atoms with van der Waals surface area (Å²) in [6.45, 7) is 1.89. The van der Waals surface area contributed by atoms with Crippen LogP contribution in [0.3, 0.4) is 0 Å². The lowest BCUT2D eigenvalue weighted by Gasteiger charge is -2.28. The summed E-state index contributed by atoms with van der Waals surface area (Å²) in [7, 11) is 1.59. The maximum atomic E-state index is 11.9. The molecule has 1 unspecified atom stereocenters. The Morgan fingerprint density at radius 1 is 1.40 bits per heavy atom. The number of urea groups is 1. The van der Waals surface area contributed by atoms with Crippen LogP contribution in [0.1, 0.15) is 19.3 Å². The molecule has 114 valence electrons. The SMILES string of the molecule is CN(CC1CCOCC1)C(=O)NC(CC(N)=O)C(=O)O. The zero-order chi connectivity index (χ0) is 15.1. The van der Waals surface area contributed by atoms with E-state index in [2.05, 4.69) is 5.32 Å². The van der Waals surface area contributed by atoms with Gasteiger partial charge in [0.2, 0.25) is 5.91 Å². The molecule has 8 heteroatoms. The molecular weight excluding hydrogens is 266 g/mol. The van der Waals surface area contributed by atoms with Crippen LogP contribution in [-0.4, -0.2) is 60.8 Å². The van der Waals surface area contributed by atoms with Crippen molar-refractivity contribution in [3.05, 3.63) is 0 Å². The number of nitrogens with two attached hydrogens (primary N) is 1. The van der Waals surface area contributed by atoms with E-state index in [1.165, 1.54) is 4.90 Å². The lowest BCUT2D eigenvalue weighted by atomic mass is 10.00. The first-order valence-electron chi connectivity index (χ1n) is 6.50. The number of carbonyl (C=O) groups excluding carboxylic acids is 2. The first-order chi connectivity index (χ1) is 9.40. The Hall–Kier alpha value is -1.83. The monoisotopic (exact) mass is 287 g/mol. The number of carbonyl (C=O) groups is 3. The minimum absolute atomic E-state index is 0.346. The third-order valence-corrected chi connectivity index (χ3v) is 3.22. The third-order valence-electron chi connectivity index (χ3n) is 3.22. The van der Waals surface area contributed by atoms with Crippen LogP contribution in [-0.2, 0) is 14.3 Å². The predicted octanol–water partition coefficient (Wildman–Crippen LogP) is -0.617. The lowest BCUT2D eigenvalue weighted by molar-refractivity contribution is -0.140. The fourth-order valence-corrected chi connectivity index (χ4v) is 2.06. The van der Waals surface area contributed by atoms with Crippen molar-refractivity contribution in [3.63, 3.8) is 0 Å². The summed E-state index contributed by atoms with van der Waals surface area (Å²) in [4.78, 5) is 35.0. The van der Waals surface area contributed by atoms with Crippen LogP contribution in [0.4, 0.5) is 4.79 Å². The van der Waals surface area contributed by atoms with Crippen molar-refractivity contribution in [2.75, 3.05) is 26.8 Å². The molecule has 0 aromatic carbocycles. The number of hydrogen-bond acceptors (Lipinski definition) is 4. The molecule has 1 heterocycles. The highest BCUT2D eigenvalue weighted by Crippen LogP contribution is 2.15. The number of hydrogen-bond donors (Lipinski definition) is 3. The summed E-state index contributed by atoms with van der Waals surface area (Å²) < 4.78 is 5.23. The van der Waals surface area contributed by atoms with Crippen molar-refractivity contribution in [2.24, 2.45) is 11.7 Å². The molecule has 8 nitrogen and oxygen atoms in total. The van der Waals surface area contributed by atoms with Crippen molar-refractivity contribution < 1.29 is 24.2 Å². The van der Waals surface area contributed by atoms with E-state index in [9.17, 15) is 14.4 Å². The van der Waals surface area contributed by atoms with Crippen LogP contribution in [0, 0.1) is 5.92 Å². The van der Waals surface area contributed by atoms with Gasteiger partial charge in [-0.15, -0.1) is 0 Å². The number of carboxylic acid groups (broad SMARTS) is 1. The first-order valence-corrected chi connectivity index (χ1v) is 6.50. The van der Waals surface area contributed by atoms with Crippen LogP contribution in [0.15, 0.2) is 0 Å². The molecule has 1 saturated heterocycles. The standard InChI is InChI=1S/C12H21N3O5/c1-15(7-8-2-4-20-5-3-8)12(19)14-9(11(17)18)6-10(13)16/h8-9H,2-7H2,1H3,(H2,13,16)(H,14,19)(H,17,18). The Labute approximate surface area is 117 Å². The van der Waals surface area contributed by atoms with E-state index >= 15 is 0 Å². The second-order valence-electron chi connectivity index (χ2n) is 4.95. The zero-order valence-corrected chi connectivity index (χ0v) is 11.5. The number of nitrogens with one attached hydrogen (secondary N) is 1. The molecule has 0 aromatic heterocycles. The van der Waals surface area contributed by atoms with Crippen LogP contribution in [0.5, 0.6) is 0 Å². The Morgan fingerprint density at radius 3 is 2.50 bits per heavy atom. The molecule has 1 fully saturated rings. The van der Waals surface area contributed by atoms with E-state index in [-0.39, 0.29) is 0 Å². The molecule has 0 aromatic rings. The summed E-state index contributed by atoms with van der Waals surface area (Å²) in [5.74, 6) is -1.71. The second-order valence-corrected chi connectivity index (χ2v) is 4.95. The van der Waals surface area contributed by atoms with Gasteiger partial charge < -0.3 is 25.8 Å². The van der Waals surface area contributed by atoms with Crippen molar-refractivity contribution in [3.8, 4) is 0 Å². The van der Waals surface area contributed by atoms with E-state index in [4.69, 9.17) is 15.6 Å². The largest absolute Gasteiger partial charge is 0.480 e.